The van der Waals surface area contributed by atoms with E-state index in [0.717, 1.165) is 64.9 Å². The molecule has 3 N–H and O–H groups in total. The van der Waals surface area contributed by atoms with Crippen molar-refractivity contribution in [3.63, 3.8) is 0 Å². The van der Waals surface area contributed by atoms with Gasteiger partial charge >= 0.3 is 5.97 Å². The molecule has 0 radical (unpaired) electrons. The summed E-state index contributed by atoms with van der Waals surface area (Å²) in [5.41, 5.74) is 4.22. The standard InChI is InChI=1S/C21H17FN2O2.C4H10N2/c1-13-17(11-16-8-6-14-4-2-3-5-19(14)23-16)18-10-15(22)7-9-20(18)24(13)12-21(25)26;1-2-6-4-3-5-1/h2-10H,11-12H2,1H3,(H,25,26);5-6H,1-4H2. The maximum absolute atomic E-state index is 13.8. The van der Waals surface area contributed by atoms with Gasteiger partial charge in [0.05, 0.1) is 5.52 Å². The van der Waals surface area contributed by atoms with E-state index in [0.29, 0.717) is 6.42 Å². The van der Waals surface area contributed by atoms with Gasteiger partial charge in [0, 0.05) is 60.3 Å². The molecule has 0 spiro atoms. The zero-order valence-electron chi connectivity index (χ0n) is 18.1. The van der Waals surface area contributed by atoms with E-state index in [4.69, 9.17) is 4.98 Å². The van der Waals surface area contributed by atoms with Crippen molar-refractivity contribution in [2.45, 2.75) is 19.9 Å². The first-order valence-electron chi connectivity index (χ1n) is 10.8. The fraction of sp³-hybridized carbons (Fsp3) is 0.280. The minimum atomic E-state index is -0.926. The molecule has 1 aliphatic heterocycles. The number of carboxylic acids is 1. The molecule has 3 heterocycles. The van der Waals surface area contributed by atoms with Crippen LogP contribution in [-0.2, 0) is 17.8 Å². The summed E-state index contributed by atoms with van der Waals surface area (Å²) >= 11 is 0. The SMILES string of the molecule is C1CNCCN1.Cc1c(Cc2ccc3ccccc3n2)c2cc(F)ccc2n1CC(=O)O. The maximum atomic E-state index is 13.8. The molecular weight excluding hydrogens is 407 g/mol. The van der Waals surface area contributed by atoms with Gasteiger partial charge in [0.2, 0.25) is 0 Å². The van der Waals surface area contributed by atoms with E-state index in [1.165, 1.54) is 12.1 Å². The number of halogens is 1. The van der Waals surface area contributed by atoms with Gasteiger partial charge in [0.25, 0.3) is 0 Å². The summed E-state index contributed by atoms with van der Waals surface area (Å²) in [7, 11) is 0. The number of aromatic nitrogens is 2. The first-order chi connectivity index (χ1) is 15.5. The molecule has 2 aromatic carbocycles. The molecular formula is C25H27FN4O2. The van der Waals surface area contributed by atoms with Crippen molar-refractivity contribution in [3.05, 3.63) is 77.4 Å². The van der Waals surface area contributed by atoms with Gasteiger partial charge in [-0.05, 0) is 42.8 Å². The third-order valence-corrected chi connectivity index (χ3v) is 5.68. The summed E-state index contributed by atoms with van der Waals surface area (Å²) in [5.74, 6) is -1.26. The molecule has 2 aromatic heterocycles. The van der Waals surface area contributed by atoms with Crippen LogP contribution in [0.25, 0.3) is 21.8 Å². The second-order valence-electron chi connectivity index (χ2n) is 7.88. The predicted octanol–water partition coefficient (Wildman–Crippen LogP) is 3.49. The fourth-order valence-electron chi connectivity index (χ4n) is 4.08. The highest BCUT2D eigenvalue weighted by Crippen LogP contribution is 2.29. The van der Waals surface area contributed by atoms with Gasteiger partial charge in [0.15, 0.2) is 0 Å². The van der Waals surface area contributed by atoms with Crippen molar-refractivity contribution in [1.29, 1.82) is 0 Å². The number of hydrogen-bond donors (Lipinski definition) is 3. The molecule has 0 unspecified atom stereocenters. The second-order valence-corrected chi connectivity index (χ2v) is 7.88. The van der Waals surface area contributed by atoms with Crippen LogP contribution in [0.5, 0.6) is 0 Å². The van der Waals surface area contributed by atoms with Crippen molar-refractivity contribution < 1.29 is 14.3 Å². The summed E-state index contributed by atoms with van der Waals surface area (Å²) < 4.78 is 15.5. The van der Waals surface area contributed by atoms with Gasteiger partial charge < -0.3 is 20.3 Å². The van der Waals surface area contributed by atoms with Crippen LogP contribution in [0.15, 0.2) is 54.6 Å². The van der Waals surface area contributed by atoms with E-state index in [1.54, 1.807) is 10.6 Å². The van der Waals surface area contributed by atoms with Crippen LogP contribution in [0.1, 0.15) is 17.0 Å². The minimum absolute atomic E-state index is 0.154. The van der Waals surface area contributed by atoms with Crippen LogP contribution < -0.4 is 10.6 Å². The molecule has 0 amide bonds. The lowest BCUT2D eigenvalue weighted by molar-refractivity contribution is -0.137. The Labute approximate surface area is 186 Å². The van der Waals surface area contributed by atoms with E-state index in [1.807, 2.05) is 43.3 Å². The predicted molar refractivity (Wildman–Crippen MR) is 125 cm³/mol. The molecule has 32 heavy (non-hydrogen) atoms. The number of rotatable bonds is 4. The molecule has 0 bridgehead atoms. The molecule has 0 saturated carbocycles. The highest BCUT2D eigenvalue weighted by molar-refractivity contribution is 5.87. The second kappa shape index (κ2) is 9.89. The molecule has 5 rings (SSSR count). The number of nitrogens with one attached hydrogen (secondary N) is 2. The Bertz CT molecular complexity index is 1240. The topological polar surface area (TPSA) is 79.2 Å². The van der Waals surface area contributed by atoms with E-state index in [-0.39, 0.29) is 12.4 Å². The van der Waals surface area contributed by atoms with Crippen molar-refractivity contribution in [3.8, 4) is 0 Å². The van der Waals surface area contributed by atoms with Crippen LogP contribution in [0.4, 0.5) is 4.39 Å². The van der Waals surface area contributed by atoms with Crippen LogP contribution >= 0.6 is 0 Å². The quantitative estimate of drug-likeness (QED) is 0.458. The van der Waals surface area contributed by atoms with Crippen molar-refractivity contribution >= 4 is 27.8 Å². The lowest BCUT2D eigenvalue weighted by atomic mass is 10.0. The third kappa shape index (κ3) is 4.95. The number of piperazine rings is 1. The average Bonchev–Trinajstić information content (AvgIpc) is 3.05. The highest BCUT2D eigenvalue weighted by Gasteiger charge is 2.17. The number of pyridine rings is 1. The minimum Gasteiger partial charge on any atom is -0.480 e. The number of hydrogen-bond acceptors (Lipinski definition) is 4. The summed E-state index contributed by atoms with van der Waals surface area (Å²) in [4.78, 5) is 15.9. The van der Waals surface area contributed by atoms with Gasteiger partial charge in [-0.2, -0.15) is 0 Å². The Morgan fingerprint density at radius 2 is 1.78 bits per heavy atom. The van der Waals surface area contributed by atoms with Crippen LogP contribution in [0.3, 0.4) is 0 Å². The van der Waals surface area contributed by atoms with Crippen LogP contribution in [0.2, 0.25) is 0 Å². The zero-order valence-corrected chi connectivity index (χ0v) is 18.1. The van der Waals surface area contributed by atoms with Crippen molar-refractivity contribution in [1.82, 2.24) is 20.2 Å². The number of para-hydroxylation sites is 1. The molecule has 0 atom stereocenters. The first kappa shape index (κ1) is 21.9. The number of carbonyl (C=O) groups is 1. The summed E-state index contributed by atoms with van der Waals surface area (Å²) in [6.45, 7) is 6.27. The van der Waals surface area contributed by atoms with E-state index in [2.05, 4.69) is 10.6 Å². The molecule has 7 heteroatoms. The Balaban J connectivity index is 0.000000354. The van der Waals surface area contributed by atoms with Crippen LogP contribution in [0, 0.1) is 12.7 Å². The smallest absolute Gasteiger partial charge is 0.323 e. The number of carboxylic acid groups (broad SMARTS) is 1. The Morgan fingerprint density at radius 3 is 2.47 bits per heavy atom. The normalized spacial score (nSPS) is 13.7. The highest BCUT2D eigenvalue weighted by atomic mass is 19.1. The molecule has 1 aliphatic rings. The summed E-state index contributed by atoms with van der Waals surface area (Å²) in [6.07, 6.45) is 0.517. The third-order valence-electron chi connectivity index (χ3n) is 5.68. The Kier molecular flexibility index (Phi) is 6.78. The molecule has 6 nitrogen and oxygen atoms in total. The van der Waals surface area contributed by atoms with Crippen molar-refractivity contribution in [2.24, 2.45) is 0 Å². The fourth-order valence-corrected chi connectivity index (χ4v) is 4.08. The van der Waals surface area contributed by atoms with Gasteiger partial charge in [-0.1, -0.05) is 24.3 Å². The lowest BCUT2D eigenvalue weighted by Crippen LogP contribution is -2.39. The molecule has 166 valence electrons. The van der Waals surface area contributed by atoms with Gasteiger partial charge in [-0.25, -0.2) is 4.39 Å². The summed E-state index contributed by atoms with van der Waals surface area (Å²) in [6, 6.07) is 16.3. The van der Waals surface area contributed by atoms with Gasteiger partial charge in [-0.3, -0.25) is 9.78 Å². The molecule has 4 aromatic rings. The first-order valence-corrected chi connectivity index (χ1v) is 10.8. The largest absolute Gasteiger partial charge is 0.480 e. The monoisotopic (exact) mass is 434 g/mol. The number of fused-ring (bicyclic) bond motifs is 2. The molecule has 1 fully saturated rings. The van der Waals surface area contributed by atoms with E-state index in [9.17, 15) is 14.3 Å². The van der Waals surface area contributed by atoms with Crippen LogP contribution in [-0.4, -0.2) is 46.8 Å². The molecule has 0 aliphatic carbocycles. The maximum Gasteiger partial charge on any atom is 0.323 e. The summed E-state index contributed by atoms with van der Waals surface area (Å²) in [5, 5.41) is 17.5. The van der Waals surface area contributed by atoms with Crippen molar-refractivity contribution in [2.75, 3.05) is 26.2 Å². The zero-order chi connectivity index (χ0) is 22.5. The van der Waals surface area contributed by atoms with E-state index >= 15 is 0 Å². The Morgan fingerprint density at radius 1 is 1.06 bits per heavy atom. The lowest BCUT2D eigenvalue weighted by Gasteiger charge is -2.11. The molecule has 1 saturated heterocycles. The average molecular weight is 435 g/mol. The number of nitrogens with zero attached hydrogens (tertiary/aromatic N) is 2. The number of aliphatic carboxylic acids is 1. The van der Waals surface area contributed by atoms with Gasteiger partial charge in [-0.15, -0.1) is 0 Å². The van der Waals surface area contributed by atoms with Gasteiger partial charge in [0.1, 0.15) is 12.4 Å². The van der Waals surface area contributed by atoms with E-state index < -0.39 is 5.97 Å². The number of benzene rings is 2. The Hall–Kier alpha value is -3.29.